The van der Waals surface area contributed by atoms with Crippen LogP contribution < -0.4 is 10.9 Å². The Morgan fingerprint density at radius 3 is 2.32 bits per heavy atom. The molecule has 8 N–H and O–H groups in total. The van der Waals surface area contributed by atoms with Crippen molar-refractivity contribution < 1.29 is 33.6 Å². The highest BCUT2D eigenvalue weighted by Crippen LogP contribution is 2.35. The van der Waals surface area contributed by atoms with Gasteiger partial charge in [-0.25, -0.2) is 13.6 Å². The Morgan fingerprint density at radius 2 is 1.77 bits per heavy atom. The maximum Gasteiger partial charge on any atom is 0.238 e. The quantitative estimate of drug-likeness (QED) is 0.327. The third-order valence-corrected chi connectivity index (χ3v) is 4.50. The predicted molar refractivity (Wildman–Crippen MR) is 74.9 cm³/mol. The molecule has 0 amide bonds. The van der Waals surface area contributed by atoms with E-state index in [1.54, 1.807) is 0 Å². The topological polar surface area (TPSA) is 176 Å². The average Bonchev–Trinajstić information content (AvgIpc) is 2.45. The molecule has 22 heavy (non-hydrogen) atoms. The molecule has 0 aromatic heterocycles. The minimum atomic E-state index is -4.00. The Labute approximate surface area is 126 Å². The lowest BCUT2D eigenvalue weighted by Crippen LogP contribution is -2.55. The van der Waals surface area contributed by atoms with E-state index in [0.717, 1.165) is 6.07 Å². The van der Waals surface area contributed by atoms with E-state index in [9.17, 15) is 23.7 Å². The van der Waals surface area contributed by atoms with Crippen molar-refractivity contribution in [2.45, 2.75) is 35.4 Å². The van der Waals surface area contributed by atoms with Crippen molar-refractivity contribution in [3.8, 4) is 0 Å². The van der Waals surface area contributed by atoms with Gasteiger partial charge in [-0.2, -0.15) is 0 Å². The molecule has 10 heteroatoms. The summed E-state index contributed by atoms with van der Waals surface area (Å²) in [6.45, 7) is -0.601. The van der Waals surface area contributed by atoms with E-state index in [4.69, 9.17) is 20.7 Å². The van der Waals surface area contributed by atoms with Crippen LogP contribution in [0.2, 0.25) is 0 Å². The van der Waals surface area contributed by atoms with Gasteiger partial charge in [0.25, 0.3) is 0 Å². The predicted octanol–water partition coefficient (Wildman–Crippen LogP) is -2.57. The summed E-state index contributed by atoms with van der Waals surface area (Å²) >= 11 is 0. The largest absolute Gasteiger partial charge is 0.398 e. The number of hydrogen-bond donors (Lipinski definition) is 6. The first kappa shape index (κ1) is 17.1. The molecule has 1 heterocycles. The Morgan fingerprint density at radius 1 is 1.14 bits per heavy atom. The van der Waals surface area contributed by atoms with Gasteiger partial charge in [-0.1, -0.05) is 0 Å². The SMILES string of the molecule is Nc1ccc(S(N)(=O)=O)cc1C1O[C@H](CO)[C@@H](O)[C@H](O)[C@H]1O. The lowest BCUT2D eigenvalue weighted by atomic mass is 9.90. The lowest BCUT2D eigenvalue weighted by Gasteiger charge is -2.40. The second-order valence-electron chi connectivity index (χ2n) is 5.09. The van der Waals surface area contributed by atoms with Crippen LogP contribution in [-0.2, 0) is 14.8 Å². The number of anilines is 1. The van der Waals surface area contributed by atoms with Gasteiger partial charge in [0.1, 0.15) is 30.5 Å². The number of aliphatic hydroxyl groups is 4. The molecule has 0 spiro atoms. The van der Waals surface area contributed by atoms with E-state index in [1.165, 1.54) is 12.1 Å². The number of ether oxygens (including phenoxy) is 1. The summed E-state index contributed by atoms with van der Waals surface area (Å²) in [4.78, 5) is -0.242. The fourth-order valence-electron chi connectivity index (χ4n) is 2.33. The molecule has 1 unspecified atom stereocenters. The maximum atomic E-state index is 11.4. The van der Waals surface area contributed by atoms with Crippen molar-refractivity contribution in [3.63, 3.8) is 0 Å². The van der Waals surface area contributed by atoms with Gasteiger partial charge in [-0.3, -0.25) is 0 Å². The first-order chi connectivity index (χ1) is 10.2. The molecule has 9 nitrogen and oxygen atoms in total. The summed E-state index contributed by atoms with van der Waals surface area (Å²) in [6, 6.07) is 3.59. The van der Waals surface area contributed by atoms with E-state index < -0.39 is 47.2 Å². The number of aliphatic hydroxyl groups excluding tert-OH is 4. The summed E-state index contributed by atoms with van der Waals surface area (Å²) in [5.74, 6) is 0. The molecule has 0 bridgehead atoms. The Balaban J connectivity index is 2.46. The van der Waals surface area contributed by atoms with Crippen LogP contribution in [0.5, 0.6) is 0 Å². The number of nitrogen functional groups attached to an aromatic ring is 1. The normalized spacial score (nSPS) is 32.9. The molecule has 1 fully saturated rings. The molecule has 0 aliphatic carbocycles. The van der Waals surface area contributed by atoms with Crippen LogP contribution in [0.1, 0.15) is 11.7 Å². The summed E-state index contributed by atoms with van der Waals surface area (Å²) in [6.07, 6.45) is -7.01. The second kappa shape index (κ2) is 6.08. The zero-order valence-corrected chi connectivity index (χ0v) is 12.2. The fraction of sp³-hybridized carbons (Fsp3) is 0.500. The van der Waals surface area contributed by atoms with Gasteiger partial charge in [0.15, 0.2) is 0 Å². The molecule has 1 saturated heterocycles. The molecular formula is C12H18N2O7S. The van der Waals surface area contributed by atoms with Crippen molar-refractivity contribution in [1.29, 1.82) is 0 Å². The lowest BCUT2D eigenvalue weighted by molar-refractivity contribution is -0.231. The van der Waals surface area contributed by atoms with Gasteiger partial charge in [-0.05, 0) is 18.2 Å². The number of benzene rings is 1. The van der Waals surface area contributed by atoms with Crippen molar-refractivity contribution in [2.24, 2.45) is 5.14 Å². The van der Waals surface area contributed by atoms with Crippen LogP contribution in [0.25, 0.3) is 0 Å². The van der Waals surface area contributed by atoms with Gasteiger partial charge < -0.3 is 30.9 Å². The zero-order valence-electron chi connectivity index (χ0n) is 11.4. The highest BCUT2D eigenvalue weighted by Gasteiger charge is 2.44. The summed E-state index contributed by atoms with van der Waals surface area (Å²) in [5.41, 5.74) is 5.95. The fourth-order valence-corrected chi connectivity index (χ4v) is 2.88. The number of primary sulfonamides is 1. The first-order valence-electron chi connectivity index (χ1n) is 6.39. The summed E-state index contributed by atoms with van der Waals surface area (Å²) < 4.78 is 28.1. The van der Waals surface area contributed by atoms with Crippen LogP contribution in [-0.4, -0.2) is 59.9 Å². The average molecular weight is 334 g/mol. The number of rotatable bonds is 3. The van der Waals surface area contributed by atoms with Crippen LogP contribution in [0.15, 0.2) is 23.1 Å². The second-order valence-corrected chi connectivity index (χ2v) is 6.65. The van der Waals surface area contributed by atoms with Crippen LogP contribution in [0, 0.1) is 0 Å². The summed E-state index contributed by atoms with van der Waals surface area (Å²) in [7, 11) is -4.00. The van der Waals surface area contributed by atoms with E-state index >= 15 is 0 Å². The minimum absolute atomic E-state index is 0.0865. The van der Waals surface area contributed by atoms with E-state index in [2.05, 4.69) is 0 Å². The van der Waals surface area contributed by atoms with Crippen LogP contribution >= 0.6 is 0 Å². The van der Waals surface area contributed by atoms with Gasteiger partial charge in [-0.15, -0.1) is 0 Å². The highest BCUT2D eigenvalue weighted by molar-refractivity contribution is 7.89. The maximum absolute atomic E-state index is 11.4. The van der Waals surface area contributed by atoms with Crippen molar-refractivity contribution in [2.75, 3.05) is 12.3 Å². The molecule has 0 radical (unpaired) electrons. The Hall–Kier alpha value is -1.27. The van der Waals surface area contributed by atoms with Gasteiger partial charge in [0, 0.05) is 11.3 Å². The smallest absolute Gasteiger partial charge is 0.238 e. The number of hydrogen-bond acceptors (Lipinski definition) is 8. The molecular weight excluding hydrogens is 316 g/mol. The highest BCUT2D eigenvalue weighted by atomic mass is 32.2. The van der Waals surface area contributed by atoms with Gasteiger partial charge >= 0.3 is 0 Å². The standard InChI is InChI=1S/C12H18N2O7S/c13-7-2-1-5(22(14,19)20)3-6(7)12-11(18)10(17)9(16)8(4-15)21-12/h1-3,8-12,15-18H,4,13H2,(H2,14,19,20)/t8-,9-,10+,11-,12?/m1/s1. The molecule has 1 aliphatic heterocycles. The molecule has 5 atom stereocenters. The van der Waals surface area contributed by atoms with Gasteiger partial charge in [0.05, 0.1) is 11.5 Å². The molecule has 1 aromatic rings. The van der Waals surface area contributed by atoms with E-state index in [1.807, 2.05) is 0 Å². The van der Waals surface area contributed by atoms with Crippen LogP contribution in [0.4, 0.5) is 5.69 Å². The molecule has 124 valence electrons. The third-order valence-electron chi connectivity index (χ3n) is 3.59. The third kappa shape index (κ3) is 3.08. The van der Waals surface area contributed by atoms with E-state index in [0.29, 0.717) is 0 Å². The zero-order chi connectivity index (χ0) is 16.7. The van der Waals surface area contributed by atoms with Crippen molar-refractivity contribution in [1.82, 2.24) is 0 Å². The molecule has 1 aliphatic rings. The monoisotopic (exact) mass is 334 g/mol. The molecule has 1 aromatic carbocycles. The van der Waals surface area contributed by atoms with Crippen molar-refractivity contribution >= 4 is 15.7 Å². The number of nitrogens with two attached hydrogens (primary N) is 2. The van der Waals surface area contributed by atoms with E-state index in [-0.39, 0.29) is 16.1 Å². The Bertz CT molecular complexity index is 649. The molecule has 2 rings (SSSR count). The molecule has 0 saturated carbocycles. The van der Waals surface area contributed by atoms with Crippen LogP contribution in [0.3, 0.4) is 0 Å². The first-order valence-corrected chi connectivity index (χ1v) is 7.94. The van der Waals surface area contributed by atoms with Crippen molar-refractivity contribution in [3.05, 3.63) is 23.8 Å². The summed E-state index contributed by atoms with van der Waals surface area (Å²) in [5, 5.41) is 43.7. The Kier molecular flexibility index (Phi) is 4.73. The number of sulfonamides is 1. The van der Waals surface area contributed by atoms with Gasteiger partial charge in [0.2, 0.25) is 10.0 Å². The minimum Gasteiger partial charge on any atom is -0.398 e.